The molecule has 47 heavy (non-hydrogen) atoms. The van der Waals surface area contributed by atoms with E-state index in [9.17, 15) is 0 Å². The Hall–Kier alpha value is -5.73. The molecule has 2 unspecified atom stereocenters. The van der Waals surface area contributed by atoms with Crippen LogP contribution in [0.15, 0.2) is 169 Å². The van der Waals surface area contributed by atoms with E-state index >= 15 is 0 Å². The summed E-state index contributed by atoms with van der Waals surface area (Å²) in [6, 6.07) is 50.3. The number of fused-ring (bicyclic) bond motifs is 2. The zero-order valence-electron chi connectivity index (χ0n) is 26.7. The molecular weight excluding hydrogens is 569 g/mol. The highest BCUT2D eigenvalue weighted by Crippen LogP contribution is 2.44. The molecule has 2 aliphatic rings. The summed E-state index contributed by atoms with van der Waals surface area (Å²) in [5, 5.41) is 2.52. The third-order valence-electron chi connectivity index (χ3n) is 9.51. The van der Waals surface area contributed by atoms with Crippen LogP contribution in [0.4, 0.5) is 5.69 Å². The van der Waals surface area contributed by atoms with Crippen LogP contribution in [0.2, 0.25) is 0 Å². The molecule has 226 valence electrons. The van der Waals surface area contributed by atoms with E-state index < -0.39 is 0 Å². The molecule has 2 heteroatoms. The van der Waals surface area contributed by atoms with Crippen molar-refractivity contribution in [2.45, 2.75) is 25.9 Å². The number of allylic oxidation sites excluding steroid dienone is 3. The molecule has 1 aliphatic heterocycles. The Balaban J connectivity index is 1.31. The topological polar surface area (TPSA) is 15.6 Å². The molecule has 0 saturated heterocycles. The highest BCUT2D eigenvalue weighted by molar-refractivity contribution is 6.13. The van der Waals surface area contributed by atoms with E-state index in [0.717, 1.165) is 17.1 Å². The van der Waals surface area contributed by atoms with Gasteiger partial charge in [-0.05, 0) is 81.3 Å². The van der Waals surface area contributed by atoms with Crippen LogP contribution in [-0.4, -0.2) is 17.9 Å². The lowest BCUT2D eigenvalue weighted by Gasteiger charge is -2.29. The van der Waals surface area contributed by atoms with Crippen molar-refractivity contribution in [3.8, 4) is 22.3 Å². The van der Waals surface area contributed by atoms with Gasteiger partial charge in [-0.15, -0.1) is 0 Å². The Morgan fingerprint density at radius 3 is 1.83 bits per heavy atom. The van der Waals surface area contributed by atoms with Gasteiger partial charge in [0, 0.05) is 11.3 Å². The normalized spacial score (nSPS) is 17.2. The number of hydrogen-bond donors (Lipinski definition) is 0. The zero-order chi connectivity index (χ0) is 31.7. The summed E-state index contributed by atoms with van der Waals surface area (Å²) >= 11 is 0. The van der Waals surface area contributed by atoms with Crippen molar-refractivity contribution in [3.05, 3.63) is 186 Å². The second-order valence-electron chi connectivity index (χ2n) is 12.4. The monoisotopic (exact) mass is 604 g/mol. The van der Waals surface area contributed by atoms with E-state index in [-0.39, 0.29) is 12.1 Å². The van der Waals surface area contributed by atoms with Gasteiger partial charge < -0.3 is 4.90 Å². The number of nitrogens with zero attached hydrogens (tertiary/aromatic N) is 2. The smallest absolute Gasteiger partial charge is 0.136 e. The maximum atomic E-state index is 5.18. The number of rotatable bonds is 6. The van der Waals surface area contributed by atoms with Crippen LogP contribution in [0.25, 0.3) is 44.7 Å². The molecule has 0 saturated carbocycles. The molecule has 0 radical (unpaired) electrons. The Kier molecular flexibility index (Phi) is 7.47. The van der Waals surface area contributed by atoms with E-state index in [4.69, 9.17) is 4.99 Å². The summed E-state index contributed by atoms with van der Waals surface area (Å²) in [5.74, 6) is 1.01. The van der Waals surface area contributed by atoms with Crippen molar-refractivity contribution in [1.29, 1.82) is 0 Å². The molecule has 8 rings (SSSR count). The van der Waals surface area contributed by atoms with E-state index in [1.54, 1.807) is 0 Å². The predicted molar refractivity (Wildman–Crippen MR) is 201 cm³/mol. The number of hydrogen-bond acceptors (Lipinski definition) is 2. The standard InChI is InChI=1S/C45H36N2/c1-31(33-16-6-3-7-17-33)30-40-32(2)43(34-18-8-4-9-19-34)38-22-12-13-23-39(38)44(40)35-26-28-37(29-27-35)47-42-25-15-14-24-41(42)46-45(47)36-20-10-5-11-21-36/h3-30,41-42H,1-2H3/b31-30+. The highest BCUT2D eigenvalue weighted by Gasteiger charge is 2.35. The molecule has 1 heterocycles. The van der Waals surface area contributed by atoms with Gasteiger partial charge in [0.25, 0.3) is 0 Å². The van der Waals surface area contributed by atoms with Crippen LogP contribution in [0.1, 0.15) is 29.2 Å². The van der Waals surface area contributed by atoms with Crippen LogP contribution in [0.5, 0.6) is 0 Å². The molecule has 0 aromatic heterocycles. The maximum Gasteiger partial charge on any atom is 0.136 e. The molecule has 6 aromatic rings. The second kappa shape index (κ2) is 12.2. The van der Waals surface area contributed by atoms with Gasteiger partial charge in [-0.1, -0.05) is 158 Å². The Morgan fingerprint density at radius 2 is 1.15 bits per heavy atom. The van der Waals surface area contributed by atoms with Crippen LogP contribution in [-0.2, 0) is 0 Å². The van der Waals surface area contributed by atoms with Gasteiger partial charge in [-0.2, -0.15) is 0 Å². The molecular formula is C45H36N2. The molecule has 0 spiro atoms. The van der Waals surface area contributed by atoms with Gasteiger partial charge in [0.2, 0.25) is 0 Å². The minimum absolute atomic E-state index is 0.102. The molecule has 0 fully saturated rings. The Labute approximate surface area is 277 Å². The first kappa shape index (κ1) is 28.7. The van der Waals surface area contributed by atoms with Crippen LogP contribution in [0, 0.1) is 6.92 Å². The zero-order valence-corrected chi connectivity index (χ0v) is 26.7. The highest BCUT2D eigenvalue weighted by atomic mass is 15.3. The fourth-order valence-corrected chi connectivity index (χ4v) is 7.23. The van der Waals surface area contributed by atoms with Crippen molar-refractivity contribution in [2.24, 2.45) is 4.99 Å². The first-order valence-corrected chi connectivity index (χ1v) is 16.4. The van der Waals surface area contributed by atoms with Gasteiger partial charge in [0.15, 0.2) is 0 Å². The molecule has 0 N–H and O–H groups in total. The predicted octanol–water partition coefficient (Wildman–Crippen LogP) is 11.2. The summed E-state index contributed by atoms with van der Waals surface area (Å²) in [4.78, 5) is 7.58. The largest absolute Gasteiger partial charge is 0.317 e. The minimum Gasteiger partial charge on any atom is -0.317 e. The van der Waals surface area contributed by atoms with Gasteiger partial charge in [0.05, 0.1) is 12.1 Å². The Bertz CT molecular complexity index is 2190. The van der Waals surface area contributed by atoms with E-state index in [2.05, 4.69) is 189 Å². The quantitative estimate of drug-likeness (QED) is 0.173. The first-order chi connectivity index (χ1) is 23.2. The number of amidine groups is 1. The average molecular weight is 605 g/mol. The summed E-state index contributed by atoms with van der Waals surface area (Å²) in [6.45, 7) is 4.51. The van der Waals surface area contributed by atoms with E-state index in [1.807, 2.05) is 0 Å². The van der Waals surface area contributed by atoms with Crippen LogP contribution >= 0.6 is 0 Å². The fourth-order valence-electron chi connectivity index (χ4n) is 7.23. The van der Waals surface area contributed by atoms with Crippen molar-refractivity contribution in [2.75, 3.05) is 4.90 Å². The number of anilines is 1. The van der Waals surface area contributed by atoms with Gasteiger partial charge in [-0.25, -0.2) is 0 Å². The lowest BCUT2D eigenvalue weighted by Crippen LogP contribution is -2.39. The second-order valence-corrected chi connectivity index (χ2v) is 12.4. The molecule has 2 nitrogen and oxygen atoms in total. The van der Waals surface area contributed by atoms with E-state index in [0.29, 0.717) is 0 Å². The van der Waals surface area contributed by atoms with Gasteiger partial charge >= 0.3 is 0 Å². The van der Waals surface area contributed by atoms with Crippen molar-refractivity contribution in [1.82, 2.24) is 0 Å². The number of benzene rings is 6. The summed E-state index contributed by atoms with van der Waals surface area (Å²) in [5.41, 5.74) is 12.3. The third kappa shape index (κ3) is 5.22. The summed E-state index contributed by atoms with van der Waals surface area (Å²) < 4.78 is 0. The minimum atomic E-state index is 0.102. The van der Waals surface area contributed by atoms with Crippen molar-refractivity contribution >= 4 is 33.9 Å². The maximum absolute atomic E-state index is 5.18. The lowest BCUT2D eigenvalue weighted by atomic mass is 9.83. The van der Waals surface area contributed by atoms with Crippen LogP contribution in [0.3, 0.4) is 0 Å². The van der Waals surface area contributed by atoms with Crippen molar-refractivity contribution in [3.63, 3.8) is 0 Å². The molecule has 1 aliphatic carbocycles. The molecule has 6 aromatic carbocycles. The third-order valence-corrected chi connectivity index (χ3v) is 9.51. The molecule has 0 bridgehead atoms. The van der Waals surface area contributed by atoms with Gasteiger partial charge in [0.1, 0.15) is 5.84 Å². The average Bonchev–Trinajstić information content (AvgIpc) is 3.53. The number of aliphatic imine (C=N–C) groups is 1. The van der Waals surface area contributed by atoms with E-state index in [1.165, 1.54) is 55.3 Å². The molecule has 0 amide bonds. The van der Waals surface area contributed by atoms with Crippen molar-refractivity contribution < 1.29 is 0 Å². The summed E-state index contributed by atoms with van der Waals surface area (Å²) in [6.07, 6.45) is 11.1. The Morgan fingerprint density at radius 1 is 0.596 bits per heavy atom. The van der Waals surface area contributed by atoms with Gasteiger partial charge in [-0.3, -0.25) is 4.99 Å². The SMILES string of the molecule is C/C(=C\c1c(C)c(-c2ccccc2)c2ccccc2c1-c1ccc(N2C(c3ccccc3)=NC3C=CC=CC32)cc1)c1ccccc1. The fraction of sp³-hybridized carbons (Fsp3) is 0.0889. The summed E-state index contributed by atoms with van der Waals surface area (Å²) in [7, 11) is 0. The molecule has 2 atom stereocenters. The first-order valence-electron chi connectivity index (χ1n) is 16.4. The van der Waals surface area contributed by atoms with Crippen LogP contribution < -0.4 is 4.90 Å². The lowest BCUT2D eigenvalue weighted by molar-refractivity contribution is 0.739.